The van der Waals surface area contributed by atoms with Gasteiger partial charge in [-0.2, -0.15) is 10.4 Å². The summed E-state index contributed by atoms with van der Waals surface area (Å²) in [5.41, 5.74) is 1.66. The number of rotatable bonds is 1. The normalized spacial score (nSPS) is 17.3. The van der Waals surface area contributed by atoms with Gasteiger partial charge in [0.05, 0.1) is 18.0 Å². The molecule has 5 nitrogen and oxygen atoms in total. The standard InChI is InChI=1S/C13H8N4O/c14-6-9-7-15-11-8-16-17(12(11)13(9)18)10-4-2-1-3-5-10/h1-5,7-9H. The van der Waals surface area contributed by atoms with Crippen molar-refractivity contribution in [3.8, 4) is 11.8 Å². The minimum Gasteiger partial charge on any atom is -0.290 e. The van der Waals surface area contributed by atoms with Crippen LogP contribution in [0.3, 0.4) is 0 Å². The Labute approximate surface area is 103 Å². The monoisotopic (exact) mass is 236 g/mol. The van der Waals surface area contributed by atoms with Crippen LogP contribution in [0.4, 0.5) is 5.69 Å². The number of para-hydroxylation sites is 1. The Bertz CT molecular complexity index is 679. The molecule has 1 aromatic carbocycles. The molecule has 0 fully saturated rings. The Morgan fingerprint density at radius 3 is 2.78 bits per heavy atom. The van der Waals surface area contributed by atoms with Crippen LogP contribution in [-0.2, 0) is 0 Å². The van der Waals surface area contributed by atoms with Gasteiger partial charge in [-0.15, -0.1) is 0 Å². The molecule has 2 aromatic rings. The first-order valence-electron chi connectivity index (χ1n) is 5.42. The molecule has 18 heavy (non-hydrogen) atoms. The Morgan fingerprint density at radius 2 is 2.06 bits per heavy atom. The molecule has 1 aliphatic rings. The largest absolute Gasteiger partial charge is 0.290 e. The average molecular weight is 236 g/mol. The van der Waals surface area contributed by atoms with Gasteiger partial charge in [0.1, 0.15) is 17.3 Å². The topological polar surface area (TPSA) is 71.0 Å². The van der Waals surface area contributed by atoms with Crippen molar-refractivity contribution in [1.82, 2.24) is 9.78 Å². The van der Waals surface area contributed by atoms with Gasteiger partial charge < -0.3 is 0 Å². The van der Waals surface area contributed by atoms with Crippen LogP contribution < -0.4 is 0 Å². The van der Waals surface area contributed by atoms with Gasteiger partial charge in [-0.3, -0.25) is 9.79 Å². The molecule has 2 heterocycles. The highest BCUT2D eigenvalue weighted by atomic mass is 16.1. The van der Waals surface area contributed by atoms with Gasteiger partial charge >= 0.3 is 0 Å². The van der Waals surface area contributed by atoms with Crippen LogP contribution in [0.1, 0.15) is 10.5 Å². The maximum atomic E-state index is 12.1. The van der Waals surface area contributed by atoms with Crippen LogP contribution in [0.25, 0.3) is 5.69 Å². The van der Waals surface area contributed by atoms with Crippen LogP contribution in [0.15, 0.2) is 41.5 Å². The first-order valence-corrected chi connectivity index (χ1v) is 5.42. The van der Waals surface area contributed by atoms with Gasteiger partial charge in [0.15, 0.2) is 0 Å². The van der Waals surface area contributed by atoms with Crippen LogP contribution in [0.2, 0.25) is 0 Å². The fraction of sp³-hybridized carbons (Fsp3) is 0.0769. The van der Waals surface area contributed by atoms with Crippen molar-refractivity contribution in [2.75, 3.05) is 0 Å². The second-order valence-corrected chi connectivity index (χ2v) is 3.87. The molecule has 0 saturated carbocycles. The summed E-state index contributed by atoms with van der Waals surface area (Å²) < 4.78 is 1.53. The third kappa shape index (κ3) is 1.44. The maximum absolute atomic E-state index is 12.1. The molecule has 1 unspecified atom stereocenters. The van der Waals surface area contributed by atoms with E-state index in [2.05, 4.69) is 10.1 Å². The van der Waals surface area contributed by atoms with Crippen molar-refractivity contribution in [1.29, 1.82) is 5.26 Å². The van der Waals surface area contributed by atoms with E-state index in [0.29, 0.717) is 11.4 Å². The zero-order valence-corrected chi connectivity index (χ0v) is 9.32. The predicted octanol–water partition coefficient (Wildman–Crippen LogP) is 1.91. The summed E-state index contributed by atoms with van der Waals surface area (Å²) in [6, 6.07) is 11.2. The second-order valence-electron chi connectivity index (χ2n) is 3.87. The number of carbonyl (C=O) groups excluding carboxylic acids is 1. The number of fused-ring (bicyclic) bond motifs is 1. The van der Waals surface area contributed by atoms with E-state index in [-0.39, 0.29) is 5.78 Å². The van der Waals surface area contributed by atoms with Crippen LogP contribution >= 0.6 is 0 Å². The molecular formula is C13H8N4O. The minimum absolute atomic E-state index is 0.260. The molecule has 1 aliphatic heterocycles. The number of nitriles is 1. The van der Waals surface area contributed by atoms with Gasteiger partial charge in [0.25, 0.3) is 0 Å². The number of hydrogen-bond acceptors (Lipinski definition) is 4. The van der Waals surface area contributed by atoms with Gasteiger partial charge in [-0.1, -0.05) is 18.2 Å². The lowest BCUT2D eigenvalue weighted by Crippen LogP contribution is -2.21. The summed E-state index contributed by atoms with van der Waals surface area (Å²) in [7, 11) is 0. The number of hydrogen-bond donors (Lipinski definition) is 0. The Kier molecular flexibility index (Phi) is 2.27. The van der Waals surface area contributed by atoms with Crippen molar-refractivity contribution in [2.45, 2.75) is 0 Å². The predicted molar refractivity (Wildman–Crippen MR) is 65.1 cm³/mol. The summed E-state index contributed by atoms with van der Waals surface area (Å²) in [5, 5.41) is 13.1. The highest BCUT2D eigenvalue weighted by Crippen LogP contribution is 2.27. The van der Waals surface area contributed by atoms with E-state index in [1.165, 1.54) is 17.1 Å². The van der Waals surface area contributed by atoms with Gasteiger partial charge in [-0.25, -0.2) is 4.68 Å². The lowest BCUT2D eigenvalue weighted by atomic mass is 10.0. The quantitative estimate of drug-likeness (QED) is 0.759. The highest BCUT2D eigenvalue weighted by Gasteiger charge is 2.29. The number of carbonyl (C=O) groups is 1. The summed E-state index contributed by atoms with van der Waals surface area (Å²) in [6.45, 7) is 0. The van der Waals surface area contributed by atoms with Gasteiger partial charge in [0.2, 0.25) is 5.78 Å². The smallest absolute Gasteiger partial charge is 0.206 e. The zero-order valence-electron chi connectivity index (χ0n) is 9.32. The molecule has 0 radical (unpaired) electrons. The lowest BCUT2D eigenvalue weighted by Gasteiger charge is -2.11. The molecule has 0 spiro atoms. The van der Waals surface area contributed by atoms with Crippen molar-refractivity contribution >= 4 is 17.7 Å². The summed E-state index contributed by atoms with van der Waals surface area (Å²) in [4.78, 5) is 16.2. The maximum Gasteiger partial charge on any atom is 0.206 e. The molecule has 0 aliphatic carbocycles. The van der Waals surface area contributed by atoms with Crippen LogP contribution in [-0.4, -0.2) is 21.8 Å². The molecule has 5 heteroatoms. The summed E-state index contributed by atoms with van der Waals surface area (Å²) in [5.74, 6) is -1.08. The first kappa shape index (κ1) is 10.4. The van der Waals surface area contributed by atoms with Crippen LogP contribution in [0, 0.1) is 17.2 Å². The average Bonchev–Trinajstić information content (AvgIpc) is 2.85. The van der Waals surface area contributed by atoms with E-state index < -0.39 is 5.92 Å². The van der Waals surface area contributed by atoms with Crippen molar-refractivity contribution in [3.63, 3.8) is 0 Å². The fourth-order valence-corrected chi connectivity index (χ4v) is 1.89. The third-order valence-corrected chi connectivity index (χ3v) is 2.77. The molecule has 3 rings (SSSR count). The molecular weight excluding hydrogens is 228 g/mol. The van der Waals surface area contributed by atoms with E-state index in [1.807, 2.05) is 36.4 Å². The minimum atomic E-state index is -0.823. The van der Waals surface area contributed by atoms with Crippen molar-refractivity contribution < 1.29 is 4.79 Å². The van der Waals surface area contributed by atoms with E-state index in [9.17, 15) is 4.79 Å². The highest BCUT2D eigenvalue weighted by molar-refractivity contribution is 6.13. The van der Waals surface area contributed by atoms with E-state index >= 15 is 0 Å². The van der Waals surface area contributed by atoms with E-state index in [4.69, 9.17) is 5.26 Å². The molecule has 1 atom stereocenters. The molecule has 86 valence electrons. The molecule has 1 aromatic heterocycles. The Hall–Kier alpha value is -2.74. The second kappa shape index (κ2) is 3.93. The van der Waals surface area contributed by atoms with Crippen molar-refractivity contribution in [2.24, 2.45) is 10.9 Å². The SMILES string of the molecule is N#CC1C=Nc2cnn(-c3ccccc3)c2C1=O. The number of ketones is 1. The van der Waals surface area contributed by atoms with Crippen LogP contribution in [0.5, 0.6) is 0 Å². The van der Waals surface area contributed by atoms with Gasteiger partial charge in [-0.05, 0) is 12.1 Å². The number of Topliss-reactive ketones (excluding diaryl/α,β-unsaturated/α-hetero) is 1. The van der Waals surface area contributed by atoms with E-state index in [0.717, 1.165) is 5.69 Å². The lowest BCUT2D eigenvalue weighted by molar-refractivity contribution is 0.0968. The summed E-state index contributed by atoms with van der Waals surface area (Å²) >= 11 is 0. The molecule has 0 N–H and O–H groups in total. The van der Waals surface area contributed by atoms with E-state index in [1.54, 1.807) is 0 Å². The fourth-order valence-electron chi connectivity index (χ4n) is 1.89. The molecule has 0 saturated heterocycles. The van der Waals surface area contributed by atoms with Gasteiger partial charge in [0, 0.05) is 6.21 Å². The molecule has 0 amide bonds. The Morgan fingerprint density at radius 1 is 1.28 bits per heavy atom. The number of aliphatic imine (C=N–C) groups is 1. The third-order valence-electron chi connectivity index (χ3n) is 2.77. The zero-order chi connectivity index (χ0) is 12.5. The summed E-state index contributed by atoms with van der Waals surface area (Å²) in [6.07, 6.45) is 2.89. The van der Waals surface area contributed by atoms with Crippen molar-refractivity contribution in [3.05, 3.63) is 42.2 Å². The Balaban J connectivity index is 2.18. The number of nitrogens with zero attached hydrogens (tertiary/aromatic N) is 4. The number of aromatic nitrogens is 2. The molecule has 0 bridgehead atoms. The number of benzene rings is 1. The first-order chi connectivity index (χ1) is 8.81.